The first-order valence-corrected chi connectivity index (χ1v) is 10.2. The van der Waals surface area contributed by atoms with Crippen LogP contribution in [-0.4, -0.2) is 74.2 Å². The van der Waals surface area contributed by atoms with E-state index in [0.29, 0.717) is 0 Å². The molecule has 0 aliphatic carbocycles. The molecule has 0 spiro atoms. The number of sulfonamides is 1. The molecule has 2 heterocycles. The van der Waals surface area contributed by atoms with Gasteiger partial charge in [-0.1, -0.05) is 12.6 Å². The molecule has 2 amide bonds. The third-order valence-electron chi connectivity index (χ3n) is 4.63. The fourth-order valence-electron chi connectivity index (χ4n) is 3.12. The molecule has 29 heavy (non-hydrogen) atoms. The molecule has 2 aromatic rings. The number of benzene rings is 1. The van der Waals surface area contributed by atoms with E-state index in [9.17, 15) is 18.0 Å². The Morgan fingerprint density at radius 3 is 2.72 bits per heavy atom. The lowest BCUT2D eigenvalue weighted by atomic mass is 10.2. The van der Waals surface area contributed by atoms with Gasteiger partial charge in [0.15, 0.2) is 0 Å². The molecule has 3 rings (SSSR count). The van der Waals surface area contributed by atoms with Crippen molar-refractivity contribution in [2.75, 3.05) is 39.8 Å². The predicted octanol–water partition coefficient (Wildman–Crippen LogP) is 0.379. The number of aromatic nitrogens is 1. The highest BCUT2D eigenvalue weighted by molar-refractivity contribution is 7.89. The Balaban J connectivity index is 1.79. The Kier molecular flexibility index (Phi) is 5.01. The van der Waals surface area contributed by atoms with E-state index < -0.39 is 23.0 Å². The van der Waals surface area contributed by atoms with Crippen molar-refractivity contribution in [3.05, 3.63) is 43.1 Å². The van der Waals surface area contributed by atoms with Gasteiger partial charge in [0, 0.05) is 43.1 Å². The number of rotatable bonds is 6. The number of carbonyl (C=O) groups is 2. The van der Waals surface area contributed by atoms with E-state index in [1.807, 2.05) is 0 Å². The number of methoxy groups -OCH3 is 1. The minimum absolute atomic E-state index is 0.00850. The zero-order chi connectivity index (χ0) is 23.5. The van der Waals surface area contributed by atoms with Gasteiger partial charge in [0.1, 0.15) is 0 Å². The van der Waals surface area contributed by atoms with E-state index in [2.05, 4.69) is 16.9 Å². The molecule has 1 N–H and O–H groups in total. The molecule has 1 fully saturated rings. The summed E-state index contributed by atoms with van der Waals surface area (Å²) in [7, 11) is -6.67. The number of carbonyl (C=O) groups excluding carboxylic acids is 2. The maximum absolute atomic E-state index is 13.3. The van der Waals surface area contributed by atoms with Crippen molar-refractivity contribution in [2.24, 2.45) is 0 Å². The van der Waals surface area contributed by atoms with Gasteiger partial charge < -0.3 is 15.0 Å². The minimum Gasteiger partial charge on any atom is -0.481 e. The smallest absolute Gasteiger partial charge is 0.243 e. The predicted molar refractivity (Wildman–Crippen MR) is 107 cm³/mol. The Bertz CT molecular complexity index is 1150. The molecule has 1 aromatic carbocycles. The molecular weight excluding hydrogens is 396 g/mol. The van der Waals surface area contributed by atoms with E-state index in [1.165, 1.54) is 39.7 Å². The fourth-order valence-corrected chi connectivity index (χ4v) is 4.75. The highest BCUT2D eigenvalue weighted by Crippen LogP contribution is 2.30. The van der Waals surface area contributed by atoms with Gasteiger partial charge in [0.25, 0.3) is 0 Å². The van der Waals surface area contributed by atoms with Crippen LogP contribution in [0.5, 0.6) is 5.88 Å². The van der Waals surface area contributed by atoms with Gasteiger partial charge in [-0.2, -0.15) is 4.31 Å². The van der Waals surface area contributed by atoms with Crippen molar-refractivity contribution >= 4 is 32.6 Å². The van der Waals surface area contributed by atoms with Crippen LogP contribution in [0, 0.1) is 0 Å². The zero-order valence-corrected chi connectivity index (χ0v) is 16.3. The molecule has 154 valence electrons. The van der Waals surface area contributed by atoms with Gasteiger partial charge in [-0.25, -0.2) is 13.4 Å². The highest BCUT2D eigenvalue weighted by atomic mass is 32.2. The number of piperazine rings is 1. The number of ether oxygens (including phenoxy) is 1. The maximum Gasteiger partial charge on any atom is 0.243 e. The molecule has 1 aliphatic rings. The number of hydrogen-bond acceptors (Lipinski definition) is 6. The summed E-state index contributed by atoms with van der Waals surface area (Å²) in [6.07, 6.45) is 2.35. The lowest BCUT2D eigenvalue weighted by Gasteiger charge is -2.34. The Morgan fingerprint density at radius 1 is 1.28 bits per heavy atom. The van der Waals surface area contributed by atoms with Gasteiger partial charge in [-0.3, -0.25) is 9.59 Å². The monoisotopic (exact) mass is 421 g/mol. The highest BCUT2D eigenvalue weighted by Gasteiger charge is 2.31. The van der Waals surface area contributed by atoms with Crippen LogP contribution in [0.3, 0.4) is 0 Å². The zero-order valence-electron chi connectivity index (χ0n) is 18.5. The Morgan fingerprint density at radius 2 is 2.03 bits per heavy atom. The molecule has 0 atom stereocenters. The second-order valence-electron chi connectivity index (χ2n) is 6.28. The number of pyridine rings is 1. The van der Waals surface area contributed by atoms with E-state index in [4.69, 9.17) is 8.85 Å². The van der Waals surface area contributed by atoms with Crippen LogP contribution in [0.2, 0.25) is 0 Å². The first-order chi connectivity index (χ1) is 15.0. The lowest BCUT2D eigenvalue weighted by molar-refractivity contribution is -0.133. The normalized spacial score (nSPS) is 17.1. The number of fused-ring (bicyclic) bond motifs is 1. The lowest BCUT2D eigenvalue weighted by Crippen LogP contribution is -2.52. The summed E-state index contributed by atoms with van der Waals surface area (Å²) in [5.74, 6) is -0.969. The third-order valence-corrected chi connectivity index (χ3v) is 6.59. The summed E-state index contributed by atoms with van der Waals surface area (Å²) in [6.45, 7) is 3.60. The molecule has 10 heteroatoms. The van der Waals surface area contributed by atoms with Crippen molar-refractivity contribution in [3.8, 4) is 5.88 Å². The summed E-state index contributed by atoms with van der Waals surface area (Å²) in [5.41, 5.74) is 0. The van der Waals surface area contributed by atoms with Gasteiger partial charge in [-0.05, 0) is 24.3 Å². The summed E-state index contributed by atoms with van der Waals surface area (Å²) < 4.78 is 54.7. The van der Waals surface area contributed by atoms with Crippen molar-refractivity contribution in [2.45, 2.75) is 4.90 Å². The van der Waals surface area contributed by atoms with Crippen molar-refractivity contribution in [1.29, 1.82) is 0 Å². The van der Waals surface area contributed by atoms with Crippen LogP contribution in [-0.2, 0) is 19.6 Å². The summed E-state index contributed by atoms with van der Waals surface area (Å²) in [5, 5.41) is 2.95. The largest absolute Gasteiger partial charge is 0.481 e. The molecule has 0 bridgehead atoms. The summed E-state index contributed by atoms with van der Waals surface area (Å²) in [6, 6.07) is 5.94. The fraction of sp³-hybridized carbons (Fsp3) is 0.316. The van der Waals surface area contributed by atoms with Crippen molar-refractivity contribution in [1.82, 2.24) is 19.5 Å². The Hall–Kier alpha value is -2.98. The molecule has 0 radical (unpaired) electrons. The first kappa shape index (κ1) is 16.9. The molecule has 0 unspecified atom stereocenters. The SMILES string of the molecule is [2H]C([2H])([2H])Oc1nccc2c(S(=O)(=O)N3CCN(C(=O)CNC(=O)C=C)CC3)cccc12. The quantitative estimate of drug-likeness (QED) is 0.676. The van der Waals surface area contributed by atoms with Crippen LogP contribution in [0.1, 0.15) is 4.11 Å². The molecule has 1 aromatic heterocycles. The van der Waals surface area contributed by atoms with Crippen molar-refractivity contribution in [3.63, 3.8) is 0 Å². The molecule has 0 saturated carbocycles. The standard InChI is InChI=1S/C19H22N4O5S/c1-3-17(24)21-13-18(25)22-9-11-23(12-10-22)29(26,27)16-6-4-5-15-14(16)7-8-20-19(15)28-2/h3-8H,1,9-13H2,2H3,(H,21,24)/i2D3. The maximum atomic E-state index is 13.3. The summed E-state index contributed by atoms with van der Waals surface area (Å²) in [4.78, 5) is 28.8. The Labute approximate surface area is 173 Å². The second kappa shape index (κ2) is 8.58. The van der Waals surface area contributed by atoms with Crippen LogP contribution in [0.15, 0.2) is 48.0 Å². The number of amides is 2. The molecule has 1 saturated heterocycles. The number of nitrogens with one attached hydrogen (secondary N) is 1. The molecule has 9 nitrogen and oxygen atoms in total. The van der Waals surface area contributed by atoms with E-state index in [0.717, 1.165) is 6.08 Å². The second-order valence-corrected chi connectivity index (χ2v) is 8.18. The van der Waals surface area contributed by atoms with Crippen molar-refractivity contribution < 1.29 is 26.9 Å². The van der Waals surface area contributed by atoms with E-state index in [-0.39, 0.29) is 60.2 Å². The van der Waals surface area contributed by atoms with Gasteiger partial charge >= 0.3 is 0 Å². The van der Waals surface area contributed by atoms with Gasteiger partial charge in [0.2, 0.25) is 27.7 Å². The number of hydrogen-bond donors (Lipinski definition) is 1. The third kappa shape index (κ3) is 4.22. The van der Waals surface area contributed by atoms with E-state index >= 15 is 0 Å². The first-order valence-electron chi connectivity index (χ1n) is 10.3. The van der Waals surface area contributed by atoms with Gasteiger partial charge in [0.05, 0.1) is 22.6 Å². The van der Waals surface area contributed by atoms with Crippen LogP contribution in [0.4, 0.5) is 0 Å². The average molecular weight is 421 g/mol. The van der Waals surface area contributed by atoms with Crippen LogP contribution in [0.25, 0.3) is 10.8 Å². The number of nitrogens with zero attached hydrogens (tertiary/aromatic N) is 3. The topological polar surface area (TPSA) is 109 Å². The minimum atomic E-state index is -3.94. The van der Waals surface area contributed by atoms with E-state index in [1.54, 1.807) is 0 Å². The molecular formula is C19H22N4O5S. The van der Waals surface area contributed by atoms with Crippen LogP contribution < -0.4 is 10.1 Å². The molecule has 1 aliphatic heterocycles. The average Bonchev–Trinajstić information content (AvgIpc) is 2.76. The summed E-state index contributed by atoms with van der Waals surface area (Å²) >= 11 is 0. The van der Waals surface area contributed by atoms with Crippen LogP contribution >= 0.6 is 0 Å². The van der Waals surface area contributed by atoms with Gasteiger partial charge in [-0.15, -0.1) is 0 Å².